The molecule has 0 heterocycles. The maximum absolute atomic E-state index is 2.41. The van der Waals surface area contributed by atoms with Crippen LogP contribution in [-0.2, 0) is 0 Å². The average Bonchev–Trinajstić information content (AvgIpc) is 3.18. The Labute approximate surface area is 281 Å². The van der Waals surface area contributed by atoms with Crippen LogP contribution in [0.5, 0.6) is 0 Å². The van der Waals surface area contributed by atoms with Crippen molar-refractivity contribution in [1.29, 1.82) is 0 Å². The summed E-state index contributed by atoms with van der Waals surface area (Å²) >= 11 is 0. The Hall–Kier alpha value is -6.24. The Kier molecular flexibility index (Phi) is 6.91. The van der Waals surface area contributed by atoms with Crippen LogP contribution in [0, 0.1) is 0 Å². The highest BCUT2D eigenvalue weighted by atomic mass is 14.2. The van der Waals surface area contributed by atoms with E-state index in [1.807, 2.05) is 0 Å². The van der Waals surface area contributed by atoms with Crippen molar-refractivity contribution in [2.24, 2.45) is 0 Å². The molecule has 0 spiro atoms. The maximum atomic E-state index is 2.41. The molecule has 0 atom stereocenters. The quantitative estimate of drug-likeness (QED) is 0.171. The van der Waals surface area contributed by atoms with E-state index in [0.29, 0.717) is 0 Å². The molecular weight excluding hydrogens is 577 g/mol. The van der Waals surface area contributed by atoms with E-state index < -0.39 is 0 Å². The minimum Gasteiger partial charge on any atom is -0.0622 e. The summed E-state index contributed by atoms with van der Waals surface area (Å²) in [6.45, 7) is 0. The molecule has 0 saturated carbocycles. The van der Waals surface area contributed by atoms with Gasteiger partial charge in [0.2, 0.25) is 0 Å². The zero-order chi connectivity index (χ0) is 31.9. The molecule has 0 nitrogen and oxygen atoms in total. The first-order valence-electron chi connectivity index (χ1n) is 16.6. The monoisotopic (exact) mass is 608 g/mol. The molecule has 0 bridgehead atoms. The van der Waals surface area contributed by atoms with E-state index in [1.54, 1.807) is 0 Å². The Morgan fingerprint density at radius 3 is 1.08 bits per heavy atom. The summed E-state index contributed by atoms with van der Waals surface area (Å²) in [5.41, 5.74) is 12.3. The third-order valence-corrected chi connectivity index (χ3v) is 9.65. The van der Waals surface area contributed by atoms with Crippen LogP contribution < -0.4 is 0 Å². The molecule has 9 rings (SSSR count). The van der Waals surface area contributed by atoms with Crippen LogP contribution in [0.15, 0.2) is 194 Å². The molecule has 9 aromatic carbocycles. The minimum atomic E-state index is 1.21. The van der Waals surface area contributed by atoms with Crippen molar-refractivity contribution in [3.05, 3.63) is 194 Å². The second kappa shape index (κ2) is 11.8. The average molecular weight is 609 g/mol. The largest absolute Gasteiger partial charge is 0.0622 e. The molecule has 9 aromatic rings. The van der Waals surface area contributed by atoms with Gasteiger partial charge >= 0.3 is 0 Å². The van der Waals surface area contributed by atoms with Gasteiger partial charge in [0.05, 0.1) is 0 Å². The number of hydrogen-bond acceptors (Lipinski definition) is 0. The third-order valence-electron chi connectivity index (χ3n) is 9.65. The first-order chi connectivity index (χ1) is 23.8. The molecule has 48 heavy (non-hydrogen) atoms. The molecule has 0 N–H and O–H groups in total. The summed E-state index contributed by atoms with van der Waals surface area (Å²) in [6.07, 6.45) is 0. The minimum absolute atomic E-state index is 1.21. The van der Waals surface area contributed by atoms with Crippen LogP contribution in [0.25, 0.3) is 88.0 Å². The topological polar surface area (TPSA) is 0 Å². The highest BCUT2D eigenvalue weighted by Crippen LogP contribution is 2.46. The lowest BCUT2D eigenvalue weighted by molar-refractivity contribution is 1.59. The Balaban J connectivity index is 1.31. The zero-order valence-corrected chi connectivity index (χ0v) is 26.5. The predicted octanol–water partition coefficient (Wildman–Crippen LogP) is 13.5. The van der Waals surface area contributed by atoms with E-state index in [1.165, 1.54) is 88.0 Å². The summed E-state index contributed by atoms with van der Waals surface area (Å²) in [5, 5.41) is 7.56. The fourth-order valence-corrected chi connectivity index (χ4v) is 7.26. The molecule has 0 aliphatic rings. The second-order valence-electron chi connectivity index (χ2n) is 12.5. The van der Waals surface area contributed by atoms with Gasteiger partial charge < -0.3 is 0 Å². The molecule has 0 aromatic heterocycles. The van der Waals surface area contributed by atoms with Gasteiger partial charge in [0.15, 0.2) is 0 Å². The van der Waals surface area contributed by atoms with Crippen molar-refractivity contribution >= 4 is 32.3 Å². The molecule has 0 amide bonds. The van der Waals surface area contributed by atoms with Gasteiger partial charge in [-0.1, -0.05) is 176 Å². The van der Waals surface area contributed by atoms with Crippen molar-refractivity contribution in [3.63, 3.8) is 0 Å². The van der Waals surface area contributed by atoms with E-state index >= 15 is 0 Å². The standard InChI is InChI=1S/C48H32/c1-4-12-33(13-5-1)35-20-22-36(23-21-35)41-26-28-43-44-29-27-42(40-25-24-34-14-10-11-19-39(34)30-40)32-46(44)48(38-17-8-3-9-18-38)47(45(43)31-41)37-15-6-2-7-16-37/h1-32H. The fourth-order valence-electron chi connectivity index (χ4n) is 7.26. The van der Waals surface area contributed by atoms with E-state index in [9.17, 15) is 0 Å². The number of hydrogen-bond donors (Lipinski definition) is 0. The molecule has 0 fully saturated rings. The second-order valence-corrected chi connectivity index (χ2v) is 12.5. The molecule has 0 heteroatoms. The van der Waals surface area contributed by atoms with Gasteiger partial charge in [0.1, 0.15) is 0 Å². The van der Waals surface area contributed by atoms with Crippen molar-refractivity contribution in [2.45, 2.75) is 0 Å². The van der Waals surface area contributed by atoms with E-state index in [4.69, 9.17) is 0 Å². The lowest BCUT2D eigenvalue weighted by atomic mass is 9.83. The SMILES string of the molecule is c1ccc(-c2ccc(-c3ccc4c(c3)c(-c3ccccc3)c(-c3ccccc3)c3cc(-c5ccc6ccccc6c5)ccc34)cc2)cc1. The molecule has 224 valence electrons. The van der Waals surface area contributed by atoms with E-state index in [-0.39, 0.29) is 0 Å². The van der Waals surface area contributed by atoms with Gasteiger partial charge in [0, 0.05) is 0 Å². The summed E-state index contributed by atoms with van der Waals surface area (Å²) in [7, 11) is 0. The highest BCUT2D eigenvalue weighted by molar-refractivity contribution is 6.22. The van der Waals surface area contributed by atoms with Crippen LogP contribution in [-0.4, -0.2) is 0 Å². The molecule has 0 aliphatic heterocycles. The van der Waals surface area contributed by atoms with Gasteiger partial charge in [-0.3, -0.25) is 0 Å². The van der Waals surface area contributed by atoms with E-state index in [2.05, 4.69) is 194 Å². The predicted molar refractivity (Wildman–Crippen MR) is 206 cm³/mol. The van der Waals surface area contributed by atoms with Gasteiger partial charge in [-0.25, -0.2) is 0 Å². The Morgan fingerprint density at radius 1 is 0.188 bits per heavy atom. The van der Waals surface area contributed by atoms with Gasteiger partial charge in [-0.15, -0.1) is 0 Å². The summed E-state index contributed by atoms with van der Waals surface area (Å²) < 4.78 is 0. The van der Waals surface area contributed by atoms with Gasteiger partial charge in [-0.2, -0.15) is 0 Å². The van der Waals surface area contributed by atoms with Crippen LogP contribution in [0.3, 0.4) is 0 Å². The first-order valence-corrected chi connectivity index (χ1v) is 16.6. The van der Waals surface area contributed by atoms with Crippen LogP contribution in [0.2, 0.25) is 0 Å². The van der Waals surface area contributed by atoms with E-state index in [0.717, 1.165) is 0 Å². The summed E-state index contributed by atoms with van der Waals surface area (Å²) in [6, 6.07) is 70.8. The van der Waals surface area contributed by atoms with Crippen LogP contribution >= 0.6 is 0 Å². The van der Waals surface area contributed by atoms with Crippen molar-refractivity contribution < 1.29 is 0 Å². The van der Waals surface area contributed by atoms with Crippen molar-refractivity contribution in [1.82, 2.24) is 0 Å². The van der Waals surface area contributed by atoms with Gasteiger partial charge in [0.25, 0.3) is 0 Å². The van der Waals surface area contributed by atoms with Crippen molar-refractivity contribution in [3.8, 4) is 55.6 Å². The fraction of sp³-hybridized carbons (Fsp3) is 0. The molecule has 0 unspecified atom stereocenters. The normalized spacial score (nSPS) is 11.3. The summed E-state index contributed by atoms with van der Waals surface area (Å²) in [5.74, 6) is 0. The number of benzene rings is 9. The summed E-state index contributed by atoms with van der Waals surface area (Å²) in [4.78, 5) is 0. The molecule has 0 radical (unpaired) electrons. The lowest BCUT2D eigenvalue weighted by Crippen LogP contribution is -1.93. The number of rotatable bonds is 5. The van der Waals surface area contributed by atoms with Crippen molar-refractivity contribution in [2.75, 3.05) is 0 Å². The third kappa shape index (κ3) is 4.96. The smallest absolute Gasteiger partial charge is 0.00201 e. The highest BCUT2D eigenvalue weighted by Gasteiger charge is 2.19. The number of fused-ring (bicyclic) bond motifs is 4. The Morgan fingerprint density at radius 2 is 0.542 bits per heavy atom. The Bertz CT molecular complexity index is 2560. The van der Waals surface area contributed by atoms with Crippen LogP contribution in [0.1, 0.15) is 0 Å². The zero-order valence-electron chi connectivity index (χ0n) is 26.5. The van der Waals surface area contributed by atoms with Crippen LogP contribution in [0.4, 0.5) is 0 Å². The molecule has 0 aliphatic carbocycles. The maximum Gasteiger partial charge on any atom is -0.00201 e. The molecular formula is C48H32. The van der Waals surface area contributed by atoms with Gasteiger partial charge in [-0.05, 0) is 106 Å². The first kappa shape index (κ1) is 28.0. The lowest BCUT2D eigenvalue weighted by Gasteiger charge is -2.20. The molecule has 0 saturated heterocycles.